The third kappa shape index (κ3) is 2.84. The van der Waals surface area contributed by atoms with Gasteiger partial charge in [-0.25, -0.2) is 0 Å². The molecule has 0 amide bonds. The van der Waals surface area contributed by atoms with Gasteiger partial charge in [-0.1, -0.05) is 73.8 Å². The predicted octanol–water partition coefficient (Wildman–Crippen LogP) is 3.47. The fraction of sp³-hybridized carbons (Fsp3) is 0. The molecular weight excluding hydrogens is 283 g/mol. The van der Waals surface area contributed by atoms with Crippen LogP contribution in [0.2, 0.25) is 0 Å². The van der Waals surface area contributed by atoms with Crippen molar-refractivity contribution in [3.8, 4) is 11.1 Å². The molecule has 3 rings (SSSR count). The van der Waals surface area contributed by atoms with Gasteiger partial charge in [-0.3, -0.25) is 0 Å². The topological polar surface area (TPSA) is 40.5 Å². The van der Waals surface area contributed by atoms with Gasteiger partial charge in [0.15, 0.2) is 0 Å². The lowest BCUT2D eigenvalue weighted by atomic mass is 9.80. The maximum atomic E-state index is 9.17. The summed E-state index contributed by atoms with van der Waals surface area (Å²) in [6.07, 6.45) is 3.69. The Kier molecular flexibility index (Phi) is 4.15. The van der Waals surface area contributed by atoms with E-state index in [1.807, 2.05) is 30.4 Å². The normalized spacial score (nSPS) is 10.5. The molecule has 0 heterocycles. The fourth-order valence-electron chi connectivity index (χ4n) is 2.80. The zero-order valence-corrected chi connectivity index (χ0v) is 12.7. The van der Waals surface area contributed by atoms with E-state index in [9.17, 15) is 10.0 Å². The molecule has 23 heavy (non-hydrogen) atoms. The first-order valence-electron chi connectivity index (χ1n) is 7.42. The van der Waals surface area contributed by atoms with E-state index in [0.29, 0.717) is 5.46 Å². The van der Waals surface area contributed by atoms with Gasteiger partial charge in [0, 0.05) is 0 Å². The average molecular weight is 300 g/mol. The number of benzene rings is 3. The predicted molar refractivity (Wildman–Crippen MR) is 99.4 cm³/mol. The van der Waals surface area contributed by atoms with Crippen molar-refractivity contribution in [2.45, 2.75) is 0 Å². The monoisotopic (exact) mass is 300 g/mol. The maximum Gasteiger partial charge on any atom is 0.488 e. The first-order valence-corrected chi connectivity index (χ1v) is 7.42. The van der Waals surface area contributed by atoms with Crippen LogP contribution in [0.4, 0.5) is 0 Å². The Balaban J connectivity index is 2.10. The van der Waals surface area contributed by atoms with E-state index in [1.165, 1.54) is 0 Å². The second-order valence-electron chi connectivity index (χ2n) is 5.41. The molecule has 0 unspecified atom stereocenters. The Bertz CT molecular complexity index is 880. The van der Waals surface area contributed by atoms with Crippen molar-refractivity contribution in [3.05, 3.63) is 78.9 Å². The standard InChI is InChI=1S/C20H17BO2/c1-3-14-5-6-17-13-16(9-12-20(17)19(14)4-2)15-7-10-18(11-8-15)21(22)23/h3-13,22-23H,1-2H2. The summed E-state index contributed by atoms with van der Waals surface area (Å²) >= 11 is 0. The molecule has 2 N–H and O–H groups in total. The van der Waals surface area contributed by atoms with Gasteiger partial charge in [0.2, 0.25) is 0 Å². The molecule has 0 aliphatic carbocycles. The van der Waals surface area contributed by atoms with Crippen LogP contribution in [0.5, 0.6) is 0 Å². The third-order valence-corrected chi connectivity index (χ3v) is 4.06. The Hall–Kier alpha value is -2.62. The summed E-state index contributed by atoms with van der Waals surface area (Å²) in [5, 5.41) is 20.6. The molecule has 0 spiro atoms. The van der Waals surface area contributed by atoms with Gasteiger partial charge in [-0.15, -0.1) is 0 Å². The van der Waals surface area contributed by atoms with E-state index in [-0.39, 0.29) is 0 Å². The molecule has 0 saturated carbocycles. The van der Waals surface area contributed by atoms with Gasteiger partial charge < -0.3 is 10.0 Å². The van der Waals surface area contributed by atoms with Crippen LogP contribution in [-0.2, 0) is 0 Å². The maximum absolute atomic E-state index is 9.17. The first kappa shape index (κ1) is 15.3. The highest BCUT2D eigenvalue weighted by Gasteiger charge is 2.10. The zero-order chi connectivity index (χ0) is 16.4. The molecule has 112 valence electrons. The molecule has 3 heteroatoms. The molecule has 0 aromatic heterocycles. The summed E-state index contributed by atoms with van der Waals surface area (Å²) in [7, 11) is -1.44. The van der Waals surface area contributed by atoms with Gasteiger partial charge in [0.05, 0.1) is 0 Å². The lowest BCUT2D eigenvalue weighted by molar-refractivity contribution is 0.426. The lowest BCUT2D eigenvalue weighted by Crippen LogP contribution is -2.29. The number of hydrogen-bond acceptors (Lipinski definition) is 2. The Labute approximate surface area is 136 Å². The summed E-state index contributed by atoms with van der Waals surface area (Å²) in [6, 6.07) is 17.6. The minimum absolute atomic E-state index is 0.485. The summed E-state index contributed by atoms with van der Waals surface area (Å²) in [5.41, 5.74) is 4.76. The van der Waals surface area contributed by atoms with Crippen LogP contribution in [0, 0.1) is 0 Å². The van der Waals surface area contributed by atoms with E-state index in [1.54, 1.807) is 12.1 Å². The van der Waals surface area contributed by atoms with Crippen LogP contribution in [0.25, 0.3) is 34.1 Å². The van der Waals surface area contributed by atoms with Gasteiger partial charge in [-0.2, -0.15) is 0 Å². The average Bonchev–Trinajstić information content (AvgIpc) is 2.60. The van der Waals surface area contributed by atoms with E-state index in [2.05, 4.69) is 37.4 Å². The van der Waals surface area contributed by atoms with Crippen molar-refractivity contribution in [2.24, 2.45) is 0 Å². The Morgan fingerprint density at radius 1 is 0.783 bits per heavy atom. The second-order valence-corrected chi connectivity index (χ2v) is 5.41. The van der Waals surface area contributed by atoms with Crippen molar-refractivity contribution < 1.29 is 10.0 Å². The molecule has 0 radical (unpaired) electrons. The highest BCUT2D eigenvalue weighted by atomic mass is 16.4. The zero-order valence-electron chi connectivity index (χ0n) is 12.7. The molecule has 0 fully saturated rings. The molecule has 0 aliphatic rings. The van der Waals surface area contributed by atoms with Crippen LogP contribution in [0.3, 0.4) is 0 Å². The fourth-order valence-corrected chi connectivity index (χ4v) is 2.80. The van der Waals surface area contributed by atoms with Gasteiger partial charge in [0.1, 0.15) is 0 Å². The molecular formula is C20H17BO2. The molecule has 0 bridgehead atoms. The van der Waals surface area contributed by atoms with Crippen molar-refractivity contribution in [2.75, 3.05) is 0 Å². The van der Waals surface area contributed by atoms with Crippen LogP contribution in [0.15, 0.2) is 67.8 Å². The Morgan fingerprint density at radius 2 is 1.48 bits per heavy atom. The van der Waals surface area contributed by atoms with E-state index >= 15 is 0 Å². The summed E-state index contributed by atoms with van der Waals surface area (Å²) in [5.74, 6) is 0. The summed E-state index contributed by atoms with van der Waals surface area (Å²) < 4.78 is 0. The van der Waals surface area contributed by atoms with Crippen molar-refractivity contribution in [1.29, 1.82) is 0 Å². The van der Waals surface area contributed by atoms with E-state index in [4.69, 9.17) is 0 Å². The molecule has 2 nitrogen and oxygen atoms in total. The van der Waals surface area contributed by atoms with Gasteiger partial charge in [0.25, 0.3) is 0 Å². The van der Waals surface area contributed by atoms with Gasteiger partial charge >= 0.3 is 7.12 Å². The smallest absolute Gasteiger partial charge is 0.423 e. The van der Waals surface area contributed by atoms with Crippen LogP contribution in [0.1, 0.15) is 11.1 Å². The van der Waals surface area contributed by atoms with Gasteiger partial charge in [-0.05, 0) is 44.6 Å². The second kappa shape index (κ2) is 6.25. The highest BCUT2D eigenvalue weighted by molar-refractivity contribution is 6.58. The Morgan fingerprint density at radius 3 is 2.09 bits per heavy atom. The van der Waals surface area contributed by atoms with Crippen LogP contribution < -0.4 is 5.46 Å². The largest absolute Gasteiger partial charge is 0.488 e. The molecule has 0 saturated heterocycles. The number of fused-ring (bicyclic) bond motifs is 1. The molecule has 3 aromatic rings. The lowest BCUT2D eigenvalue weighted by Gasteiger charge is -2.10. The van der Waals surface area contributed by atoms with E-state index < -0.39 is 7.12 Å². The minimum Gasteiger partial charge on any atom is -0.423 e. The first-order chi connectivity index (χ1) is 11.1. The minimum atomic E-state index is -1.44. The highest BCUT2D eigenvalue weighted by Crippen LogP contribution is 2.29. The quantitative estimate of drug-likeness (QED) is 0.724. The van der Waals surface area contributed by atoms with E-state index in [0.717, 1.165) is 33.0 Å². The van der Waals surface area contributed by atoms with Crippen molar-refractivity contribution in [3.63, 3.8) is 0 Å². The number of rotatable bonds is 4. The SMILES string of the molecule is C=Cc1ccc2cc(-c3ccc(B(O)O)cc3)ccc2c1C=C. The summed E-state index contributed by atoms with van der Waals surface area (Å²) in [4.78, 5) is 0. The molecule has 0 atom stereocenters. The molecule has 0 aliphatic heterocycles. The summed E-state index contributed by atoms with van der Waals surface area (Å²) in [6.45, 7) is 7.75. The third-order valence-electron chi connectivity index (χ3n) is 4.06. The van der Waals surface area contributed by atoms with Crippen molar-refractivity contribution in [1.82, 2.24) is 0 Å². The van der Waals surface area contributed by atoms with Crippen LogP contribution >= 0.6 is 0 Å². The molecule has 3 aromatic carbocycles. The van der Waals surface area contributed by atoms with Crippen LogP contribution in [-0.4, -0.2) is 17.2 Å². The van der Waals surface area contributed by atoms with Crippen molar-refractivity contribution >= 4 is 35.5 Å². The number of hydrogen-bond donors (Lipinski definition) is 2.